The van der Waals surface area contributed by atoms with Gasteiger partial charge in [0.1, 0.15) is 5.75 Å². The van der Waals surface area contributed by atoms with Crippen LogP contribution in [0.4, 0.5) is 0 Å². The fourth-order valence-corrected chi connectivity index (χ4v) is 2.18. The topological polar surface area (TPSA) is 30.5 Å². The zero-order chi connectivity index (χ0) is 12.3. The third-order valence-corrected chi connectivity index (χ3v) is 3.40. The van der Waals surface area contributed by atoms with Crippen molar-refractivity contribution >= 4 is 11.6 Å². The van der Waals surface area contributed by atoms with Crippen molar-refractivity contribution in [3.8, 4) is 5.75 Å². The molecule has 0 amide bonds. The van der Waals surface area contributed by atoms with Crippen LogP contribution in [0.3, 0.4) is 0 Å². The van der Waals surface area contributed by atoms with Crippen molar-refractivity contribution < 1.29 is 9.47 Å². The lowest BCUT2D eigenvalue weighted by atomic mass is 9.89. The molecule has 0 aliphatic carbocycles. The van der Waals surface area contributed by atoms with Gasteiger partial charge in [0.2, 0.25) is 0 Å². The molecule has 94 valence electrons. The second-order valence-electron chi connectivity index (χ2n) is 4.83. The Labute approximate surface area is 107 Å². The van der Waals surface area contributed by atoms with E-state index in [0.29, 0.717) is 0 Å². The van der Waals surface area contributed by atoms with Gasteiger partial charge in [-0.2, -0.15) is 0 Å². The van der Waals surface area contributed by atoms with Gasteiger partial charge in [0.05, 0.1) is 20.3 Å². The number of ether oxygens (including phenoxy) is 2. The lowest BCUT2D eigenvalue weighted by molar-refractivity contribution is -0.0991. The summed E-state index contributed by atoms with van der Waals surface area (Å²) < 4.78 is 10.5. The fraction of sp³-hybridized carbons (Fsp3) is 0.538. The molecule has 0 bridgehead atoms. The summed E-state index contributed by atoms with van der Waals surface area (Å²) in [4.78, 5) is 0. The smallest absolute Gasteiger partial charge is 0.124 e. The van der Waals surface area contributed by atoms with Gasteiger partial charge < -0.3 is 14.8 Å². The normalized spacial score (nSPS) is 17.6. The summed E-state index contributed by atoms with van der Waals surface area (Å²) in [5.41, 5.74) is 1.29. The van der Waals surface area contributed by atoms with Crippen molar-refractivity contribution in [1.82, 2.24) is 5.32 Å². The average Bonchev–Trinajstić information content (AvgIpc) is 2.29. The van der Waals surface area contributed by atoms with Crippen LogP contribution in [0.15, 0.2) is 18.2 Å². The molecule has 1 N–H and O–H groups in total. The Morgan fingerprint density at radius 3 is 2.82 bits per heavy atom. The van der Waals surface area contributed by atoms with Crippen molar-refractivity contribution in [3.05, 3.63) is 28.8 Å². The number of methoxy groups -OCH3 is 1. The molecule has 1 aromatic rings. The molecule has 17 heavy (non-hydrogen) atoms. The van der Waals surface area contributed by atoms with Crippen molar-refractivity contribution in [1.29, 1.82) is 0 Å². The van der Waals surface area contributed by atoms with Gasteiger partial charge in [0.25, 0.3) is 0 Å². The fourth-order valence-electron chi connectivity index (χ4n) is 1.94. The Bertz CT molecular complexity index is 391. The summed E-state index contributed by atoms with van der Waals surface area (Å²) in [7, 11) is 1.66. The molecule has 0 aromatic heterocycles. The van der Waals surface area contributed by atoms with Crippen LogP contribution in [-0.4, -0.2) is 26.9 Å². The lowest BCUT2D eigenvalue weighted by Crippen LogP contribution is -2.47. The first kappa shape index (κ1) is 12.7. The zero-order valence-corrected chi connectivity index (χ0v) is 11.0. The molecular weight excluding hydrogens is 238 g/mol. The minimum Gasteiger partial charge on any atom is -0.496 e. The highest BCUT2D eigenvalue weighted by molar-refractivity contribution is 6.31. The van der Waals surface area contributed by atoms with Crippen LogP contribution in [0.1, 0.15) is 12.5 Å². The van der Waals surface area contributed by atoms with Crippen molar-refractivity contribution in [3.63, 3.8) is 0 Å². The third-order valence-electron chi connectivity index (χ3n) is 3.05. The van der Waals surface area contributed by atoms with E-state index in [0.717, 1.165) is 42.6 Å². The molecule has 1 fully saturated rings. The Morgan fingerprint density at radius 1 is 1.47 bits per heavy atom. The van der Waals surface area contributed by atoms with Gasteiger partial charge in [-0.15, -0.1) is 0 Å². The van der Waals surface area contributed by atoms with Crippen LogP contribution >= 0.6 is 11.6 Å². The Morgan fingerprint density at radius 2 is 2.24 bits per heavy atom. The largest absolute Gasteiger partial charge is 0.496 e. The first-order valence-electron chi connectivity index (χ1n) is 5.74. The van der Waals surface area contributed by atoms with E-state index in [-0.39, 0.29) is 5.41 Å². The molecule has 1 aliphatic heterocycles. The van der Waals surface area contributed by atoms with E-state index in [1.807, 2.05) is 18.2 Å². The molecule has 1 saturated heterocycles. The first-order chi connectivity index (χ1) is 8.14. The molecular formula is C13H18ClNO2. The monoisotopic (exact) mass is 255 g/mol. The molecule has 4 heteroatoms. The third kappa shape index (κ3) is 2.92. The Balaban J connectivity index is 1.94. The quantitative estimate of drug-likeness (QED) is 0.877. The molecule has 0 saturated carbocycles. The molecule has 3 nitrogen and oxygen atoms in total. The highest BCUT2D eigenvalue weighted by Crippen LogP contribution is 2.28. The molecule has 1 aromatic carbocycles. The van der Waals surface area contributed by atoms with Gasteiger partial charge in [-0.1, -0.05) is 24.6 Å². The average molecular weight is 256 g/mol. The van der Waals surface area contributed by atoms with Gasteiger partial charge >= 0.3 is 0 Å². The van der Waals surface area contributed by atoms with E-state index in [4.69, 9.17) is 21.1 Å². The maximum absolute atomic E-state index is 6.16. The van der Waals surface area contributed by atoms with E-state index < -0.39 is 0 Å². The number of nitrogens with one attached hydrogen (secondary N) is 1. The summed E-state index contributed by atoms with van der Waals surface area (Å²) in [5, 5.41) is 4.16. The standard InChI is InChI=1S/C13H18ClNO2/c1-13(8-17-9-13)7-15-6-10-11(14)4-3-5-12(10)16-2/h3-5,15H,6-9H2,1-2H3. The van der Waals surface area contributed by atoms with Crippen LogP contribution in [-0.2, 0) is 11.3 Å². The van der Waals surface area contributed by atoms with Crippen molar-refractivity contribution in [2.45, 2.75) is 13.5 Å². The maximum Gasteiger partial charge on any atom is 0.124 e. The van der Waals surface area contributed by atoms with Gasteiger partial charge in [0, 0.05) is 29.1 Å². The Kier molecular flexibility index (Phi) is 3.92. The van der Waals surface area contributed by atoms with Gasteiger partial charge in [0.15, 0.2) is 0 Å². The zero-order valence-electron chi connectivity index (χ0n) is 10.3. The van der Waals surface area contributed by atoms with Crippen molar-refractivity contribution in [2.75, 3.05) is 26.9 Å². The molecule has 2 rings (SSSR count). The van der Waals surface area contributed by atoms with Crippen molar-refractivity contribution in [2.24, 2.45) is 5.41 Å². The summed E-state index contributed by atoms with van der Waals surface area (Å²) in [5.74, 6) is 0.833. The van der Waals surface area contributed by atoms with Gasteiger partial charge in [-0.3, -0.25) is 0 Å². The van der Waals surface area contributed by atoms with Crippen LogP contribution in [0.5, 0.6) is 5.75 Å². The summed E-state index contributed by atoms with van der Waals surface area (Å²) in [6, 6.07) is 5.71. The molecule has 1 aliphatic rings. The van der Waals surface area contributed by atoms with Crippen LogP contribution < -0.4 is 10.1 Å². The lowest BCUT2D eigenvalue weighted by Gasteiger charge is -2.38. The molecule has 0 radical (unpaired) electrons. The molecule has 0 unspecified atom stereocenters. The number of benzene rings is 1. The van der Waals surface area contributed by atoms with Crippen LogP contribution in [0.2, 0.25) is 5.02 Å². The summed E-state index contributed by atoms with van der Waals surface area (Å²) in [6.07, 6.45) is 0. The molecule has 0 atom stereocenters. The predicted octanol–water partition coefficient (Wildman–Crippen LogP) is 2.47. The number of hydrogen-bond acceptors (Lipinski definition) is 3. The van der Waals surface area contributed by atoms with E-state index in [1.165, 1.54) is 0 Å². The number of rotatable bonds is 5. The van der Waals surface area contributed by atoms with E-state index >= 15 is 0 Å². The summed E-state index contributed by atoms with van der Waals surface area (Å²) in [6.45, 7) is 5.53. The van der Waals surface area contributed by atoms with Gasteiger partial charge in [-0.05, 0) is 12.1 Å². The van der Waals surface area contributed by atoms with Crippen LogP contribution in [0.25, 0.3) is 0 Å². The first-order valence-corrected chi connectivity index (χ1v) is 6.12. The van der Waals surface area contributed by atoms with E-state index in [2.05, 4.69) is 12.2 Å². The number of halogens is 1. The molecule has 0 spiro atoms. The SMILES string of the molecule is COc1cccc(Cl)c1CNCC1(C)COC1. The van der Waals surface area contributed by atoms with E-state index in [9.17, 15) is 0 Å². The van der Waals surface area contributed by atoms with Crippen LogP contribution in [0, 0.1) is 5.41 Å². The minimum atomic E-state index is 0.272. The number of hydrogen-bond donors (Lipinski definition) is 1. The van der Waals surface area contributed by atoms with Gasteiger partial charge in [-0.25, -0.2) is 0 Å². The maximum atomic E-state index is 6.16. The predicted molar refractivity (Wildman–Crippen MR) is 68.6 cm³/mol. The highest BCUT2D eigenvalue weighted by Gasteiger charge is 2.32. The second kappa shape index (κ2) is 5.25. The minimum absolute atomic E-state index is 0.272. The Hall–Kier alpha value is -0.770. The molecule has 1 heterocycles. The highest BCUT2D eigenvalue weighted by atomic mass is 35.5. The second-order valence-corrected chi connectivity index (χ2v) is 5.23. The summed E-state index contributed by atoms with van der Waals surface area (Å²) >= 11 is 6.16. The van der Waals surface area contributed by atoms with E-state index in [1.54, 1.807) is 7.11 Å².